The average molecular weight is 254 g/mol. The van der Waals surface area contributed by atoms with Crippen LogP contribution < -0.4 is 0 Å². The van der Waals surface area contributed by atoms with Crippen LogP contribution in [0.4, 0.5) is 0 Å². The second kappa shape index (κ2) is 4.31. The Labute approximate surface area is 107 Å². The zero-order valence-electron chi connectivity index (χ0n) is 9.50. The molecule has 1 N–H and O–H groups in total. The molecule has 1 saturated heterocycles. The Morgan fingerprint density at radius 3 is 2.71 bits per heavy atom. The molecular weight excluding hydrogens is 238 g/mol. The first-order valence-electron chi connectivity index (χ1n) is 5.70. The number of carboxylic acids is 1. The molecule has 3 rings (SSSR count). The number of fused-ring (bicyclic) bond motifs is 1. The zero-order valence-corrected chi connectivity index (χ0v) is 10.3. The van der Waals surface area contributed by atoms with Gasteiger partial charge in [0.15, 0.2) is 0 Å². The maximum atomic E-state index is 11.1. The Kier molecular flexibility index (Phi) is 3.15. The third-order valence-electron chi connectivity index (χ3n) is 3.89. The lowest BCUT2D eigenvalue weighted by Gasteiger charge is -2.18. The summed E-state index contributed by atoms with van der Waals surface area (Å²) < 4.78 is 0. The minimum Gasteiger partial charge on any atom is -0.481 e. The van der Waals surface area contributed by atoms with E-state index < -0.39 is 11.4 Å². The van der Waals surface area contributed by atoms with Gasteiger partial charge in [-0.3, -0.25) is 9.69 Å². The third-order valence-corrected chi connectivity index (χ3v) is 3.89. The fourth-order valence-electron chi connectivity index (χ4n) is 2.88. The van der Waals surface area contributed by atoms with Crippen LogP contribution in [0.25, 0.3) is 0 Å². The summed E-state index contributed by atoms with van der Waals surface area (Å²) in [5.41, 5.74) is 0.874. The second-order valence-electron chi connectivity index (χ2n) is 5.02. The standard InChI is InChI=1S/C13H15NO2.ClH/c15-12(16)13-6-11(13)8-14(9-13)7-10-4-2-1-3-5-10;/h1-5,11H,6-9H2,(H,15,16);1H. The number of hydrogen-bond donors (Lipinski definition) is 1. The molecule has 0 radical (unpaired) electrons. The van der Waals surface area contributed by atoms with Crippen molar-refractivity contribution in [2.24, 2.45) is 11.3 Å². The highest BCUT2D eigenvalue weighted by atomic mass is 35.5. The van der Waals surface area contributed by atoms with Gasteiger partial charge in [0.1, 0.15) is 0 Å². The topological polar surface area (TPSA) is 40.5 Å². The number of halogens is 1. The number of benzene rings is 1. The number of carboxylic acid groups (broad SMARTS) is 1. The van der Waals surface area contributed by atoms with E-state index in [1.807, 2.05) is 18.2 Å². The van der Waals surface area contributed by atoms with Gasteiger partial charge in [-0.25, -0.2) is 0 Å². The average Bonchev–Trinajstić information content (AvgIpc) is 2.84. The van der Waals surface area contributed by atoms with Gasteiger partial charge in [0.05, 0.1) is 5.41 Å². The summed E-state index contributed by atoms with van der Waals surface area (Å²) in [7, 11) is 0. The summed E-state index contributed by atoms with van der Waals surface area (Å²) in [6.45, 7) is 2.55. The van der Waals surface area contributed by atoms with Crippen LogP contribution in [-0.2, 0) is 11.3 Å². The maximum Gasteiger partial charge on any atom is 0.311 e. The van der Waals surface area contributed by atoms with E-state index in [1.165, 1.54) is 5.56 Å². The molecule has 0 amide bonds. The first-order chi connectivity index (χ1) is 7.71. The van der Waals surface area contributed by atoms with Crippen LogP contribution in [0.2, 0.25) is 0 Å². The van der Waals surface area contributed by atoms with Gasteiger partial charge >= 0.3 is 5.97 Å². The molecule has 3 nitrogen and oxygen atoms in total. The van der Waals surface area contributed by atoms with E-state index in [0.29, 0.717) is 5.92 Å². The van der Waals surface area contributed by atoms with Gasteiger partial charge < -0.3 is 5.11 Å². The second-order valence-corrected chi connectivity index (χ2v) is 5.02. The number of hydrogen-bond acceptors (Lipinski definition) is 2. The molecule has 92 valence electrons. The summed E-state index contributed by atoms with van der Waals surface area (Å²) in [5, 5.41) is 9.17. The highest BCUT2D eigenvalue weighted by Crippen LogP contribution is 2.58. The molecule has 1 aromatic rings. The number of rotatable bonds is 3. The van der Waals surface area contributed by atoms with Crippen molar-refractivity contribution < 1.29 is 9.90 Å². The molecule has 2 fully saturated rings. The summed E-state index contributed by atoms with van der Waals surface area (Å²) in [6.07, 6.45) is 0.883. The molecule has 1 aliphatic carbocycles. The minimum absolute atomic E-state index is 0. The highest BCUT2D eigenvalue weighted by Gasteiger charge is 2.65. The van der Waals surface area contributed by atoms with Crippen molar-refractivity contribution in [3.05, 3.63) is 35.9 Å². The maximum absolute atomic E-state index is 11.1. The lowest BCUT2D eigenvalue weighted by Crippen LogP contribution is -2.28. The van der Waals surface area contributed by atoms with Gasteiger partial charge in [0.2, 0.25) is 0 Å². The van der Waals surface area contributed by atoms with E-state index in [2.05, 4.69) is 17.0 Å². The lowest BCUT2D eigenvalue weighted by atomic mass is 10.1. The number of carbonyl (C=O) groups is 1. The van der Waals surface area contributed by atoms with Crippen molar-refractivity contribution in [3.8, 4) is 0 Å². The van der Waals surface area contributed by atoms with Gasteiger partial charge in [0.25, 0.3) is 0 Å². The van der Waals surface area contributed by atoms with E-state index in [1.54, 1.807) is 0 Å². The molecule has 1 aromatic carbocycles. The Morgan fingerprint density at radius 1 is 1.41 bits per heavy atom. The molecule has 4 heteroatoms. The monoisotopic (exact) mass is 253 g/mol. The predicted octanol–water partition coefficient (Wildman–Crippen LogP) is 2.01. The van der Waals surface area contributed by atoms with Gasteiger partial charge in [-0.05, 0) is 17.9 Å². The normalized spacial score (nSPS) is 30.5. The summed E-state index contributed by atoms with van der Waals surface area (Å²) >= 11 is 0. The Hall–Kier alpha value is -1.06. The van der Waals surface area contributed by atoms with Crippen molar-refractivity contribution in [1.82, 2.24) is 4.90 Å². The molecule has 1 aliphatic heterocycles. The van der Waals surface area contributed by atoms with Crippen molar-refractivity contribution >= 4 is 18.4 Å². The van der Waals surface area contributed by atoms with Crippen LogP contribution in [0.3, 0.4) is 0 Å². The van der Waals surface area contributed by atoms with Crippen molar-refractivity contribution in [1.29, 1.82) is 0 Å². The summed E-state index contributed by atoms with van der Waals surface area (Å²) in [4.78, 5) is 13.4. The van der Waals surface area contributed by atoms with Crippen molar-refractivity contribution in [2.45, 2.75) is 13.0 Å². The largest absolute Gasteiger partial charge is 0.481 e. The molecular formula is C13H16ClNO2. The number of aliphatic carboxylic acids is 1. The van der Waals surface area contributed by atoms with Crippen LogP contribution in [-0.4, -0.2) is 29.1 Å². The molecule has 2 atom stereocenters. The summed E-state index contributed by atoms with van der Waals surface area (Å²) in [5.74, 6) is -0.207. The van der Waals surface area contributed by atoms with Gasteiger partial charge in [-0.15, -0.1) is 12.4 Å². The molecule has 1 heterocycles. The molecule has 0 aromatic heterocycles. The van der Waals surface area contributed by atoms with Crippen LogP contribution in [0.5, 0.6) is 0 Å². The molecule has 2 unspecified atom stereocenters. The van der Waals surface area contributed by atoms with E-state index >= 15 is 0 Å². The molecule has 1 saturated carbocycles. The third kappa shape index (κ3) is 2.05. The van der Waals surface area contributed by atoms with Crippen molar-refractivity contribution in [3.63, 3.8) is 0 Å². The SMILES string of the molecule is Cl.O=C(O)C12CC1CN(Cc1ccccc1)C2. The van der Waals surface area contributed by atoms with Gasteiger partial charge in [0, 0.05) is 19.6 Å². The van der Waals surface area contributed by atoms with Crippen molar-refractivity contribution in [2.75, 3.05) is 13.1 Å². The van der Waals surface area contributed by atoms with Gasteiger partial charge in [-0.2, -0.15) is 0 Å². The lowest BCUT2D eigenvalue weighted by molar-refractivity contribution is -0.143. The predicted molar refractivity (Wildman–Crippen MR) is 67.1 cm³/mol. The van der Waals surface area contributed by atoms with E-state index in [0.717, 1.165) is 26.1 Å². The Balaban J connectivity index is 0.00000108. The Morgan fingerprint density at radius 2 is 2.12 bits per heavy atom. The molecule has 17 heavy (non-hydrogen) atoms. The van der Waals surface area contributed by atoms with Gasteiger partial charge in [-0.1, -0.05) is 30.3 Å². The number of likely N-dealkylation sites (tertiary alicyclic amines) is 1. The van der Waals surface area contributed by atoms with E-state index in [9.17, 15) is 9.90 Å². The Bertz CT molecular complexity index is 423. The molecule has 2 aliphatic rings. The number of nitrogens with zero attached hydrogens (tertiary/aromatic N) is 1. The van der Waals surface area contributed by atoms with Crippen LogP contribution in [0, 0.1) is 11.3 Å². The first kappa shape index (κ1) is 12.4. The first-order valence-corrected chi connectivity index (χ1v) is 5.70. The smallest absolute Gasteiger partial charge is 0.311 e. The molecule has 0 bridgehead atoms. The molecule has 0 spiro atoms. The van der Waals surface area contributed by atoms with Crippen LogP contribution in [0.1, 0.15) is 12.0 Å². The highest BCUT2D eigenvalue weighted by molar-refractivity contribution is 5.85. The minimum atomic E-state index is -0.604. The zero-order chi connectivity index (χ0) is 11.2. The number of piperidine rings is 1. The van der Waals surface area contributed by atoms with E-state index in [-0.39, 0.29) is 12.4 Å². The fraction of sp³-hybridized carbons (Fsp3) is 0.462. The van der Waals surface area contributed by atoms with E-state index in [4.69, 9.17) is 0 Å². The van der Waals surface area contributed by atoms with Crippen LogP contribution in [0.15, 0.2) is 30.3 Å². The van der Waals surface area contributed by atoms with Crippen LogP contribution >= 0.6 is 12.4 Å². The quantitative estimate of drug-likeness (QED) is 0.896. The fourth-order valence-corrected chi connectivity index (χ4v) is 2.88. The summed E-state index contributed by atoms with van der Waals surface area (Å²) in [6, 6.07) is 10.2.